The summed E-state index contributed by atoms with van der Waals surface area (Å²) in [5, 5.41) is 4.22. The molecule has 0 aliphatic heterocycles. The Hall–Kier alpha value is -3.08. The first-order chi connectivity index (χ1) is 14.6. The lowest BCUT2D eigenvalue weighted by atomic mass is 9.49. The fourth-order valence-electron chi connectivity index (χ4n) is 4.38. The fraction of sp³-hybridized carbons (Fsp3) is 0.360. The highest BCUT2D eigenvalue weighted by atomic mass is 16.5. The zero-order valence-corrected chi connectivity index (χ0v) is 17.5. The zero-order valence-electron chi connectivity index (χ0n) is 17.5. The Morgan fingerprint density at radius 3 is 2.60 bits per heavy atom. The van der Waals surface area contributed by atoms with E-state index in [1.54, 1.807) is 18.3 Å². The molecule has 5 rings (SSSR count). The molecule has 5 heteroatoms. The minimum absolute atomic E-state index is 0.284. The van der Waals surface area contributed by atoms with Gasteiger partial charge in [-0.25, -0.2) is 5.43 Å². The summed E-state index contributed by atoms with van der Waals surface area (Å²) in [7, 11) is 0. The lowest BCUT2D eigenvalue weighted by Gasteiger charge is -2.55. The number of hydrogen-bond donors (Lipinski definition) is 1. The second-order valence-electron chi connectivity index (χ2n) is 8.45. The van der Waals surface area contributed by atoms with Crippen LogP contribution in [0, 0.1) is 17.3 Å². The monoisotopic (exact) mass is 404 g/mol. The molecule has 156 valence electrons. The number of ether oxygens (including phenoxy) is 2. The Kier molecular flexibility index (Phi) is 5.88. The molecule has 30 heavy (non-hydrogen) atoms. The summed E-state index contributed by atoms with van der Waals surface area (Å²) in [4.78, 5) is 12.6. The number of rotatable bonds is 8. The maximum atomic E-state index is 12.6. The molecule has 5 nitrogen and oxygen atoms in total. The van der Waals surface area contributed by atoms with E-state index < -0.39 is 0 Å². The molecule has 0 heterocycles. The second kappa shape index (κ2) is 8.74. The standard InChI is InChI=1S/C25H28N2O3/c1-25(2)19-13-12-18(22(25)16-19)17-26-27-24(28)21-10-6-7-11-23(21)30-15-14-29-20-8-4-3-5-9-20/h3-12,17,19,22H,13-16H2,1-2H3,(H,27,28)/t19-,22+/m0/s1. The van der Waals surface area contributed by atoms with Gasteiger partial charge < -0.3 is 9.47 Å². The number of para-hydroxylation sites is 2. The van der Waals surface area contributed by atoms with E-state index >= 15 is 0 Å². The fourth-order valence-corrected chi connectivity index (χ4v) is 4.38. The molecule has 0 radical (unpaired) electrons. The summed E-state index contributed by atoms with van der Waals surface area (Å²) >= 11 is 0. The molecule has 0 saturated heterocycles. The highest BCUT2D eigenvalue weighted by molar-refractivity contribution is 5.97. The average Bonchev–Trinajstić information content (AvgIpc) is 2.77. The van der Waals surface area contributed by atoms with Gasteiger partial charge in [0.1, 0.15) is 24.7 Å². The van der Waals surface area contributed by atoms with Crippen molar-refractivity contribution in [2.24, 2.45) is 22.4 Å². The summed E-state index contributed by atoms with van der Waals surface area (Å²) < 4.78 is 11.4. The van der Waals surface area contributed by atoms with Gasteiger partial charge in [-0.05, 0) is 59.9 Å². The zero-order chi connectivity index (χ0) is 21.0. The maximum absolute atomic E-state index is 12.6. The molecule has 0 aromatic heterocycles. The van der Waals surface area contributed by atoms with Gasteiger partial charge in [0.25, 0.3) is 5.91 Å². The Morgan fingerprint density at radius 1 is 1.10 bits per heavy atom. The van der Waals surface area contributed by atoms with Gasteiger partial charge in [0.05, 0.1) is 11.8 Å². The van der Waals surface area contributed by atoms with Crippen molar-refractivity contribution in [3.05, 3.63) is 71.8 Å². The molecular formula is C25H28N2O3. The third-order valence-corrected chi connectivity index (χ3v) is 6.38. The van der Waals surface area contributed by atoms with Crippen molar-refractivity contribution in [3.8, 4) is 11.5 Å². The van der Waals surface area contributed by atoms with Crippen molar-refractivity contribution in [1.29, 1.82) is 0 Å². The molecule has 2 atom stereocenters. The molecule has 1 amide bonds. The summed E-state index contributed by atoms with van der Waals surface area (Å²) in [5.74, 6) is 2.34. The van der Waals surface area contributed by atoms with Gasteiger partial charge in [-0.1, -0.05) is 50.3 Å². The summed E-state index contributed by atoms with van der Waals surface area (Å²) in [6, 6.07) is 16.7. The molecule has 2 aromatic carbocycles. The molecule has 2 aromatic rings. The number of nitrogens with one attached hydrogen (secondary N) is 1. The number of allylic oxidation sites excluding steroid dienone is 2. The van der Waals surface area contributed by atoms with E-state index in [2.05, 4.69) is 30.5 Å². The molecule has 1 N–H and O–H groups in total. The Balaban J connectivity index is 1.30. The second-order valence-corrected chi connectivity index (χ2v) is 8.45. The van der Waals surface area contributed by atoms with Gasteiger partial charge in [-0.15, -0.1) is 0 Å². The number of hydrazone groups is 1. The van der Waals surface area contributed by atoms with Crippen LogP contribution in [0.15, 0.2) is 71.3 Å². The number of amides is 1. The first-order valence-corrected chi connectivity index (χ1v) is 10.5. The largest absolute Gasteiger partial charge is 0.490 e. The molecule has 0 spiro atoms. The van der Waals surface area contributed by atoms with Crippen LogP contribution < -0.4 is 14.9 Å². The van der Waals surface area contributed by atoms with Gasteiger partial charge in [0, 0.05) is 0 Å². The number of benzene rings is 2. The van der Waals surface area contributed by atoms with Crippen LogP contribution in [-0.4, -0.2) is 25.3 Å². The summed E-state index contributed by atoms with van der Waals surface area (Å²) in [6.45, 7) is 5.37. The Bertz CT molecular complexity index is 950. The smallest absolute Gasteiger partial charge is 0.275 e. The molecule has 3 aliphatic carbocycles. The van der Waals surface area contributed by atoms with Crippen LogP contribution in [0.4, 0.5) is 0 Å². The average molecular weight is 405 g/mol. The predicted octanol–water partition coefficient (Wildman–Crippen LogP) is 4.85. The third kappa shape index (κ3) is 4.25. The summed E-state index contributed by atoms with van der Waals surface area (Å²) in [5.41, 5.74) is 4.66. The SMILES string of the molecule is CC1(C)[C@H]2CC=C(C=NNC(=O)c3ccccc3OCCOc3ccccc3)[C@H]1C2. The maximum Gasteiger partial charge on any atom is 0.275 e. The van der Waals surface area contributed by atoms with Crippen LogP contribution in [0.2, 0.25) is 0 Å². The van der Waals surface area contributed by atoms with E-state index in [1.165, 1.54) is 12.0 Å². The van der Waals surface area contributed by atoms with Crippen molar-refractivity contribution in [2.45, 2.75) is 26.7 Å². The highest BCUT2D eigenvalue weighted by Crippen LogP contribution is 2.58. The van der Waals surface area contributed by atoms with Crippen LogP contribution in [0.1, 0.15) is 37.0 Å². The van der Waals surface area contributed by atoms with Gasteiger partial charge in [0.2, 0.25) is 0 Å². The minimum Gasteiger partial charge on any atom is -0.490 e. The van der Waals surface area contributed by atoms with Crippen molar-refractivity contribution in [2.75, 3.05) is 13.2 Å². The van der Waals surface area contributed by atoms with E-state index in [0.717, 1.165) is 18.1 Å². The van der Waals surface area contributed by atoms with Crippen LogP contribution in [0.3, 0.4) is 0 Å². The van der Waals surface area contributed by atoms with Crippen molar-refractivity contribution < 1.29 is 14.3 Å². The van der Waals surface area contributed by atoms with Crippen molar-refractivity contribution in [1.82, 2.24) is 5.43 Å². The molecular weight excluding hydrogens is 376 g/mol. The molecule has 2 bridgehead atoms. The first-order valence-electron chi connectivity index (χ1n) is 10.5. The first kappa shape index (κ1) is 20.2. The van der Waals surface area contributed by atoms with E-state index in [9.17, 15) is 4.79 Å². The highest BCUT2D eigenvalue weighted by Gasteiger charge is 2.50. The summed E-state index contributed by atoms with van der Waals surface area (Å²) in [6.07, 6.45) is 6.38. The van der Waals surface area contributed by atoms with E-state index in [1.807, 2.05) is 42.5 Å². The minimum atomic E-state index is -0.284. The van der Waals surface area contributed by atoms with Crippen LogP contribution in [0.25, 0.3) is 0 Å². The van der Waals surface area contributed by atoms with Crippen LogP contribution in [-0.2, 0) is 0 Å². The Labute approximate surface area is 177 Å². The molecule has 3 aliphatic rings. The van der Waals surface area contributed by atoms with Gasteiger partial charge in [-0.3, -0.25) is 4.79 Å². The number of hydrogen-bond acceptors (Lipinski definition) is 4. The van der Waals surface area contributed by atoms with Crippen molar-refractivity contribution in [3.63, 3.8) is 0 Å². The number of carbonyl (C=O) groups excluding carboxylic acids is 1. The van der Waals surface area contributed by atoms with E-state index in [-0.39, 0.29) is 5.91 Å². The van der Waals surface area contributed by atoms with Crippen LogP contribution in [0.5, 0.6) is 11.5 Å². The van der Waals surface area contributed by atoms with Gasteiger partial charge in [0.15, 0.2) is 0 Å². The van der Waals surface area contributed by atoms with Gasteiger partial charge in [-0.2, -0.15) is 5.10 Å². The van der Waals surface area contributed by atoms with Crippen LogP contribution >= 0.6 is 0 Å². The quantitative estimate of drug-likeness (QED) is 0.389. The molecule has 1 fully saturated rings. The topological polar surface area (TPSA) is 59.9 Å². The van der Waals surface area contributed by atoms with E-state index in [4.69, 9.17) is 9.47 Å². The van der Waals surface area contributed by atoms with Gasteiger partial charge >= 0.3 is 0 Å². The van der Waals surface area contributed by atoms with Crippen molar-refractivity contribution >= 4 is 12.1 Å². The van der Waals surface area contributed by atoms with E-state index in [0.29, 0.717) is 35.9 Å². The lowest BCUT2D eigenvalue weighted by Crippen LogP contribution is -2.48. The number of carbonyl (C=O) groups is 1. The predicted molar refractivity (Wildman–Crippen MR) is 118 cm³/mol. The normalized spacial score (nSPS) is 21.5. The number of fused-ring (bicyclic) bond motifs is 1. The molecule has 1 saturated carbocycles. The number of nitrogens with zero attached hydrogens (tertiary/aromatic N) is 1. The molecule has 0 unspecified atom stereocenters. The Morgan fingerprint density at radius 2 is 1.83 bits per heavy atom. The lowest BCUT2D eigenvalue weighted by molar-refractivity contribution is -0.00126. The third-order valence-electron chi connectivity index (χ3n) is 6.38.